The van der Waals surface area contributed by atoms with E-state index in [4.69, 9.17) is 4.74 Å². The lowest BCUT2D eigenvalue weighted by atomic mass is 9.86. The molecule has 5 heterocycles. The van der Waals surface area contributed by atoms with Gasteiger partial charge >= 0.3 is 30.5 Å². The van der Waals surface area contributed by atoms with E-state index in [0.717, 1.165) is 150 Å². The molecule has 1 aromatic heterocycles. The number of esters is 1. The summed E-state index contributed by atoms with van der Waals surface area (Å²) in [4.78, 5) is 32.3. The molecule has 82 heavy (non-hydrogen) atoms. The molecule has 0 radical (unpaired) electrons. The van der Waals surface area contributed by atoms with E-state index < -0.39 is 35.9 Å². The van der Waals surface area contributed by atoms with Crippen LogP contribution < -0.4 is 10.1 Å². The van der Waals surface area contributed by atoms with Crippen LogP contribution in [-0.2, 0) is 22.3 Å². The molecule has 2 N–H and O–H groups in total. The second-order valence-corrected chi connectivity index (χ2v) is 25.8. The van der Waals surface area contributed by atoms with Gasteiger partial charge in [-0.2, -0.15) is 35.1 Å². The normalized spacial score (nSPS) is 18.6. The van der Waals surface area contributed by atoms with Gasteiger partial charge in [0, 0.05) is 32.6 Å². The van der Waals surface area contributed by atoms with Gasteiger partial charge in [-0.1, -0.05) is 91.0 Å². The van der Waals surface area contributed by atoms with Gasteiger partial charge in [0.25, 0.3) is 0 Å². The van der Waals surface area contributed by atoms with Crippen molar-refractivity contribution in [3.63, 3.8) is 0 Å². The molecule has 21 heteroatoms. The Bertz CT molecular complexity index is 2250. The van der Waals surface area contributed by atoms with E-state index >= 15 is 0 Å². The Hall–Kier alpha value is -4.18. The predicted molar refractivity (Wildman–Crippen MR) is 308 cm³/mol. The molecule has 0 spiro atoms. The van der Waals surface area contributed by atoms with Gasteiger partial charge in [0.15, 0.2) is 0 Å². The Morgan fingerprint density at radius 2 is 1.10 bits per heavy atom. The standard InChI is InChI=1S/C17H22F5NO.C17H24F3NO.C16H31NO2.C11H18N4OS/c1-12(2)14-7-9-23(10-8-14)11-13-3-5-15(6-4-13)24-17(21,22)16(18,19)20;1-12(2)13-7-9-21(10-8-13)11-16(22)14-3-5-15(6-4-14)17(18,19)20;1-13(2)14-8-11-17(12-9-14)10-6-7-15(18)19-16(3,4)5;1-8(2)9-3-5-15(6-4-9)11(16)13-10-14-12-7-17-10/h3-6,12,14H,7-11H2,1-2H3;3-6,12-13,16,22H,7-11H2,1-2H3;13-14H,6-12H2,1-5H3;7-9H,3-6H2,1-2H3,(H,13,14,16). The van der Waals surface area contributed by atoms with Crippen molar-refractivity contribution in [2.24, 2.45) is 47.3 Å². The van der Waals surface area contributed by atoms with Crippen LogP contribution in [0.15, 0.2) is 54.0 Å². The maximum Gasteiger partial charge on any atom is 0.499 e. The number of aliphatic hydroxyl groups is 1. The molecule has 4 aliphatic heterocycles. The number of ether oxygens (including phenoxy) is 2. The number of urea groups is 1. The molecule has 12 nitrogen and oxygen atoms in total. The number of aromatic nitrogens is 2. The fourth-order valence-corrected chi connectivity index (χ4v) is 11.2. The van der Waals surface area contributed by atoms with Gasteiger partial charge in [0.05, 0.1) is 11.7 Å². The predicted octanol–water partition coefficient (Wildman–Crippen LogP) is 15.1. The summed E-state index contributed by atoms with van der Waals surface area (Å²) in [6.45, 7) is 33.9. The number of rotatable bonds is 16. The van der Waals surface area contributed by atoms with E-state index in [1.807, 2.05) is 25.7 Å². The zero-order chi connectivity index (χ0) is 61.0. The molecular formula is C61H95F8N7O5S. The highest BCUT2D eigenvalue weighted by atomic mass is 32.1. The zero-order valence-electron chi connectivity index (χ0n) is 50.4. The summed E-state index contributed by atoms with van der Waals surface area (Å²) < 4.78 is 109. The number of aliphatic hydroxyl groups excluding tert-OH is 1. The summed E-state index contributed by atoms with van der Waals surface area (Å²) >= 11 is 1.34. The van der Waals surface area contributed by atoms with E-state index in [9.17, 15) is 49.8 Å². The zero-order valence-corrected chi connectivity index (χ0v) is 51.3. The van der Waals surface area contributed by atoms with Crippen molar-refractivity contribution in [1.82, 2.24) is 29.8 Å². The molecule has 4 aliphatic rings. The highest BCUT2D eigenvalue weighted by molar-refractivity contribution is 7.13. The molecule has 0 bridgehead atoms. The number of benzene rings is 2. The Balaban J connectivity index is 0.000000237. The number of halogens is 8. The highest BCUT2D eigenvalue weighted by Crippen LogP contribution is 2.38. The molecule has 4 fully saturated rings. The van der Waals surface area contributed by atoms with E-state index in [-0.39, 0.29) is 17.6 Å². The van der Waals surface area contributed by atoms with E-state index in [0.29, 0.717) is 48.0 Å². The van der Waals surface area contributed by atoms with Gasteiger partial charge in [-0.25, -0.2) is 4.79 Å². The second-order valence-electron chi connectivity index (χ2n) is 25.0. The van der Waals surface area contributed by atoms with Gasteiger partial charge in [0.2, 0.25) is 5.13 Å². The molecule has 2 amide bonds. The number of nitrogens with one attached hydrogen (secondary N) is 1. The molecule has 466 valence electrons. The fourth-order valence-electron chi connectivity index (χ4n) is 10.8. The van der Waals surface area contributed by atoms with Crippen LogP contribution in [0.4, 0.5) is 45.0 Å². The summed E-state index contributed by atoms with van der Waals surface area (Å²) in [6.07, 6.45) is -5.22. The largest absolute Gasteiger partial charge is 0.499 e. The summed E-state index contributed by atoms with van der Waals surface area (Å²) in [5, 5.41) is 21.1. The minimum absolute atomic E-state index is 0.0519. The SMILES string of the molecule is CC(C)C1CCN(C(=O)Nc2nncs2)CC1.CC(C)C1CCN(CC(O)c2ccc(C(F)(F)F)cc2)CC1.CC(C)C1CCN(CCCC(=O)OC(C)(C)C)CC1.CC(C)C1CCN(Cc2ccc(OC(F)(F)C(F)(F)F)cc2)CC1. The van der Waals surface area contributed by atoms with E-state index in [1.54, 1.807) is 5.51 Å². The lowest BCUT2D eigenvalue weighted by Gasteiger charge is -2.34. The fraction of sp³-hybridized carbons (Fsp3) is 0.738. The number of amides is 2. The summed E-state index contributed by atoms with van der Waals surface area (Å²) in [7, 11) is 0. The number of piperidine rings is 4. The van der Waals surface area contributed by atoms with E-state index in [2.05, 4.69) is 90.3 Å². The summed E-state index contributed by atoms with van der Waals surface area (Å²) in [5.41, 5.74) is 1.98. The molecule has 1 unspecified atom stereocenters. The first kappa shape index (κ1) is 70.3. The van der Waals surface area contributed by atoms with Crippen molar-refractivity contribution in [1.29, 1.82) is 0 Å². The van der Waals surface area contributed by atoms with Crippen molar-refractivity contribution in [2.75, 3.05) is 70.8 Å². The van der Waals surface area contributed by atoms with Crippen LogP contribution in [0, 0.1) is 47.3 Å². The lowest BCUT2D eigenvalue weighted by Crippen LogP contribution is -2.41. The molecule has 0 aliphatic carbocycles. The smallest absolute Gasteiger partial charge is 0.460 e. The monoisotopic (exact) mass is 1190 g/mol. The molecule has 4 saturated heterocycles. The number of nitrogens with zero attached hydrogens (tertiary/aromatic N) is 6. The summed E-state index contributed by atoms with van der Waals surface area (Å²) in [6, 6.07) is 10.1. The Kier molecular flexibility index (Phi) is 28.2. The Labute approximate surface area is 487 Å². The van der Waals surface area contributed by atoms with Gasteiger partial charge in [-0.05, 0) is 207 Å². The van der Waals surface area contributed by atoms with Crippen LogP contribution in [0.2, 0.25) is 0 Å². The van der Waals surface area contributed by atoms with Gasteiger partial charge in [-0.15, -0.1) is 10.2 Å². The quantitative estimate of drug-likeness (QED) is 0.106. The minimum atomic E-state index is -5.73. The first-order chi connectivity index (χ1) is 38.3. The molecular weight excluding hydrogens is 1090 g/mol. The number of hydrogen-bond acceptors (Lipinski definition) is 11. The summed E-state index contributed by atoms with van der Waals surface area (Å²) in [5.74, 6) is 5.40. The number of likely N-dealkylation sites (tertiary alicyclic amines) is 4. The minimum Gasteiger partial charge on any atom is -0.460 e. The third kappa shape index (κ3) is 25.2. The van der Waals surface area contributed by atoms with Crippen LogP contribution in [0.3, 0.4) is 0 Å². The van der Waals surface area contributed by atoms with Crippen molar-refractivity contribution < 1.29 is 59.3 Å². The molecule has 7 rings (SSSR count). The number of β-amino-alcohol motifs (C(OH)–C–C–N with tert-alkyl or cyclic N) is 1. The molecule has 1 atom stereocenters. The maximum atomic E-state index is 12.8. The van der Waals surface area contributed by atoms with Crippen molar-refractivity contribution >= 4 is 28.5 Å². The third-order valence-corrected chi connectivity index (χ3v) is 16.9. The van der Waals surface area contributed by atoms with Crippen molar-refractivity contribution in [3.8, 4) is 5.75 Å². The number of carbonyl (C=O) groups is 2. The van der Waals surface area contributed by atoms with Crippen LogP contribution in [0.1, 0.15) is 163 Å². The van der Waals surface area contributed by atoms with Gasteiger partial charge in [-0.3, -0.25) is 15.0 Å². The first-order valence-corrected chi connectivity index (χ1v) is 30.5. The average molecular weight is 1190 g/mol. The van der Waals surface area contributed by atoms with Crippen molar-refractivity contribution in [2.45, 2.75) is 177 Å². The average Bonchev–Trinajstić information content (AvgIpc) is 3.92. The van der Waals surface area contributed by atoms with E-state index in [1.165, 1.54) is 61.5 Å². The highest BCUT2D eigenvalue weighted by Gasteiger charge is 2.61. The second kappa shape index (κ2) is 32.9. The van der Waals surface area contributed by atoms with Crippen molar-refractivity contribution in [3.05, 3.63) is 70.7 Å². The number of carbonyl (C=O) groups excluding carboxylic acids is 2. The topological polar surface area (TPSA) is 124 Å². The molecule has 0 saturated carbocycles. The van der Waals surface area contributed by atoms with Crippen LogP contribution >= 0.6 is 11.3 Å². The number of alkyl halides is 8. The Morgan fingerprint density at radius 3 is 1.51 bits per heavy atom. The molecule has 2 aromatic carbocycles. The van der Waals surface area contributed by atoms with Gasteiger partial charge < -0.3 is 29.3 Å². The van der Waals surface area contributed by atoms with Crippen LogP contribution in [0.5, 0.6) is 5.75 Å². The van der Waals surface area contributed by atoms with Crippen LogP contribution in [-0.4, -0.2) is 130 Å². The lowest BCUT2D eigenvalue weighted by molar-refractivity contribution is -0.360. The Morgan fingerprint density at radius 1 is 0.646 bits per heavy atom. The maximum absolute atomic E-state index is 12.8. The van der Waals surface area contributed by atoms with Gasteiger partial charge in [0.1, 0.15) is 16.9 Å². The first-order valence-electron chi connectivity index (χ1n) is 29.6. The number of hydrogen-bond donors (Lipinski definition) is 2. The molecule has 3 aromatic rings. The van der Waals surface area contributed by atoms with Crippen LogP contribution in [0.25, 0.3) is 0 Å². The third-order valence-electron chi connectivity index (χ3n) is 16.3. The number of anilines is 1.